The number of nitrogens with one attached hydrogen (secondary N) is 1. The molecular formula is C17H13F3N4O. The molecule has 0 saturated heterocycles. The Kier molecular flexibility index (Phi) is 4.51. The van der Waals surface area contributed by atoms with Crippen LogP contribution in [-0.4, -0.2) is 20.7 Å². The van der Waals surface area contributed by atoms with Gasteiger partial charge in [0.1, 0.15) is 0 Å². The van der Waals surface area contributed by atoms with Crippen molar-refractivity contribution in [3.05, 3.63) is 72.3 Å². The molecule has 0 bridgehead atoms. The van der Waals surface area contributed by atoms with Crippen molar-refractivity contribution in [3.8, 4) is 5.69 Å². The van der Waals surface area contributed by atoms with Crippen LogP contribution in [0.5, 0.6) is 0 Å². The average Bonchev–Trinajstić information content (AvgIpc) is 3.00. The van der Waals surface area contributed by atoms with Gasteiger partial charge in [-0.1, -0.05) is 24.3 Å². The van der Waals surface area contributed by atoms with E-state index in [2.05, 4.69) is 15.4 Å². The smallest absolute Gasteiger partial charge is 0.323 e. The third-order valence-electron chi connectivity index (χ3n) is 3.40. The minimum atomic E-state index is -4.68. The lowest BCUT2D eigenvalue weighted by Gasteiger charge is -2.13. The van der Waals surface area contributed by atoms with Gasteiger partial charge in [0.2, 0.25) is 5.91 Å². The Labute approximate surface area is 141 Å². The standard InChI is InChI=1S/C17H13F3N4O/c18-17(19,20)16-14(11-22-24(16)13-6-2-1-3-7-13)23-15(25)9-12-5-4-8-21-10-12/h1-8,10-11H,9H2,(H,23,25). The number of hydrogen-bond acceptors (Lipinski definition) is 3. The number of amides is 1. The quantitative estimate of drug-likeness (QED) is 0.787. The molecule has 5 nitrogen and oxygen atoms in total. The van der Waals surface area contributed by atoms with Crippen LogP contribution in [0.25, 0.3) is 5.69 Å². The van der Waals surface area contributed by atoms with E-state index in [1.165, 1.54) is 18.3 Å². The number of rotatable bonds is 4. The van der Waals surface area contributed by atoms with Crippen LogP contribution in [0.4, 0.5) is 18.9 Å². The van der Waals surface area contributed by atoms with Crippen LogP contribution >= 0.6 is 0 Å². The number of halogens is 3. The molecule has 1 aromatic carbocycles. The van der Waals surface area contributed by atoms with Crippen molar-refractivity contribution in [2.75, 3.05) is 5.32 Å². The largest absolute Gasteiger partial charge is 0.435 e. The molecule has 3 aromatic rings. The number of anilines is 1. The average molecular weight is 346 g/mol. The molecule has 0 fully saturated rings. The fraction of sp³-hybridized carbons (Fsp3) is 0.118. The predicted molar refractivity (Wildman–Crippen MR) is 85.1 cm³/mol. The summed E-state index contributed by atoms with van der Waals surface area (Å²) >= 11 is 0. The van der Waals surface area contributed by atoms with Crippen LogP contribution in [0.2, 0.25) is 0 Å². The lowest BCUT2D eigenvalue weighted by atomic mass is 10.2. The Hall–Kier alpha value is -3.16. The summed E-state index contributed by atoms with van der Waals surface area (Å²) in [5, 5.41) is 6.07. The summed E-state index contributed by atoms with van der Waals surface area (Å²) in [6, 6.07) is 11.2. The number of benzene rings is 1. The monoisotopic (exact) mass is 346 g/mol. The van der Waals surface area contributed by atoms with Gasteiger partial charge in [-0.3, -0.25) is 9.78 Å². The van der Waals surface area contributed by atoms with E-state index in [-0.39, 0.29) is 17.8 Å². The van der Waals surface area contributed by atoms with Gasteiger partial charge in [-0.15, -0.1) is 0 Å². The van der Waals surface area contributed by atoms with Gasteiger partial charge in [0.05, 0.1) is 24.0 Å². The van der Waals surface area contributed by atoms with Crippen molar-refractivity contribution in [1.29, 1.82) is 0 Å². The molecule has 0 atom stereocenters. The zero-order chi connectivity index (χ0) is 17.9. The van der Waals surface area contributed by atoms with E-state index in [1.807, 2.05) is 0 Å². The van der Waals surface area contributed by atoms with Crippen LogP contribution in [0, 0.1) is 0 Å². The first-order chi connectivity index (χ1) is 11.9. The number of nitrogens with zero attached hydrogens (tertiary/aromatic N) is 3. The van der Waals surface area contributed by atoms with Crippen molar-refractivity contribution in [2.24, 2.45) is 0 Å². The second-order valence-corrected chi connectivity index (χ2v) is 5.24. The number of carbonyl (C=O) groups excluding carboxylic acids is 1. The van der Waals surface area contributed by atoms with E-state index in [0.29, 0.717) is 5.56 Å². The number of hydrogen-bond donors (Lipinski definition) is 1. The van der Waals surface area contributed by atoms with Gasteiger partial charge in [0.25, 0.3) is 0 Å². The van der Waals surface area contributed by atoms with Crippen LogP contribution in [0.1, 0.15) is 11.3 Å². The number of alkyl halides is 3. The Morgan fingerprint density at radius 3 is 2.48 bits per heavy atom. The highest BCUT2D eigenvalue weighted by Crippen LogP contribution is 2.36. The van der Waals surface area contributed by atoms with Gasteiger partial charge in [-0.25, -0.2) is 4.68 Å². The molecule has 1 N–H and O–H groups in total. The molecule has 0 radical (unpaired) electrons. The molecular weight excluding hydrogens is 333 g/mol. The number of pyridine rings is 1. The molecule has 2 heterocycles. The molecule has 2 aromatic heterocycles. The lowest BCUT2D eigenvalue weighted by molar-refractivity contribution is -0.142. The minimum absolute atomic E-state index is 0.0817. The van der Waals surface area contributed by atoms with E-state index in [0.717, 1.165) is 10.9 Å². The number of para-hydroxylation sites is 1. The fourth-order valence-electron chi connectivity index (χ4n) is 2.36. The van der Waals surface area contributed by atoms with E-state index < -0.39 is 17.8 Å². The molecule has 0 aliphatic rings. The lowest BCUT2D eigenvalue weighted by Crippen LogP contribution is -2.19. The van der Waals surface area contributed by atoms with E-state index in [4.69, 9.17) is 0 Å². The first kappa shape index (κ1) is 16.7. The number of carbonyl (C=O) groups is 1. The van der Waals surface area contributed by atoms with Crippen LogP contribution < -0.4 is 5.32 Å². The topological polar surface area (TPSA) is 59.8 Å². The van der Waals surface area contributed by atoms with E-state index in [1.54, 1.807) is 36.5 Å². The van der Waals surface area contributed by atoms with Gasteiger partial charge in [-0.2, -0.15) is 18.3 Å². The highest BCUT2D eigenvalue weighted by atomic mass is 19.4. The summed E-state index contributed by atoms with van der Waals surface area (Å²) < 4.78 is 41.2. The highest BCUT2D eigenvalue weighted by molar-refractivity contribution is 5.92. The summed E-state index contributed by atoms with van der Waals surface area (Å²) in [5.74, 6) is -0.578. The molecule has 0 aliphatic carbocycles. The van der Waals surface area contributed by atoms with Gasteiger partial charge in [-0.05, 0) is 23.8 Å². The molecule has 0 aliphatic heterocycles. The van der Waals surface area contributed by atoms with Gasteiger partial charge in [0.15, 0.2) is 5.69 Å². The number of aromatic nitrogens is 3. The van der Waals surface area contributed by atoms with E-state index >= 15 is 0 Å². The van der Waals surface area contributed by atoms with Crippen molar-refractivity contribution < 1.29 is 18.0 Å². The molecule has 25 heavy (non-hydrogen) atoms. The highest BCUT2D eigenvalue weighted by Gasteiger charge is 2.39. The molecule has 8 heteroatoms. The van der Waals surface area contributed by atoms with Crippen LogP contribution in [0.3, 0.4) is 0 Å². The second kappa shape index (κ2) is 6.76. The van der Waals surface area contributed by atoms with Crippen molar-refractivity contribution in [1.82, 2.24) is 14.8 Å². The molecule has 0 unspecified atom stereocenters. The summed E-state index contributed by atoms with van der Waals surface area (Å²) in [6.07, 6.45) is -0.730. The molecule has 0 saturated carbocycles. The van der Waals surface area contributed by atoms with E-state index in [9.17, 15) is 18.0 Å². The zero-order valence-corrected chi connectivity index (χ0v) is 12.9. The first-order valence-corrected chi connectivity index (χ1v) is 7.34. The third-order valence-corrected chi connectivity index (χ3v) is 3.40. The fourth-order valence-corrected chi connectivity index (χ4v) is 2.36. The van der Waals surface area contributed by atoms with Gasteiger partial charge in [0, 0.05) is 12.4 Å². The molecule has 0 spiro atoms. The summed E-state index contributed by atoms with van der Waals surface area (Å²) in [4.78, 5) is 15.9. The maximum atomic E-state index is 13.5. The molecule has 3 rings (SSSR count). The molecule has 128 valence electrons. The maximum absolute atomic E-state index is 13.5. The van der Waals surface area contributed by atoms with Crippen LogP contribution in [-0.2, 0) is 17.4 Å². The van der Waals surface area contributed by atoms with Gasteiger partial charge < -0.3 is 5.32 Å². The maximum Gasteiger partial charge on any atom is 0.435 e. The Balaban J connectivity index is 1.89. The first-order valence-electron chi connectivity index (χ1n) is 7.34. The van der Waals surface area contributed by atoms with Crippen LogP contribution in [0.15, 0.2) is 61.1 Å². The van der Waals surface area contributed by atoms with Crippen molar-refractivity contribution in [3.63, 3.8) is 0 Å². The zero-order valence-electron chi connectivity index (χ0n) is 12.9. The summed E-state index contributed by atoms with van der Waals surface area (Å²) in [7, 11) is 0. The predicted octanol–water partition coefficient (Wildman–Crippen LogP) is 3.47. The summed E-state index contributed by atoms with van der Waals surface area (Å²) in [6.45, 7) is 0. The van der Waals surface area contributed by atoms with Gasteiger partial charge >= 0.3 is 6.18 Å². The SMILES string of the molecule is O=C(Cc1cccnc1)Nc1cnn(-c2ccccc2)c1C(F)(F)F. The normalized spacial score (nSPS) is 11.3. The van der Waals surface area contributed by atoms with Crippen molar-refractivity contribution in [2.45, 2.75) is 12.6 Å². The Morgan fingerprint density at radius 1 is 1.08 bits per heavy atom. The van der Waals surface area contributed by atoms with Crippen molar-refractivity contribution >= 4 is 11.6 Å². The third kappa shape index (κ3) is 3.85. The summed E-state index contributed by atoms with van der Waals surface area (Å²) in [5.41, 5.74) is -0.560. The Bertz CT molecular complexity index is 861. The second-order valence-electron chi connectivity index (χ2n) is 5.24. The Morgan fingerprint density at radius 2 is 1.84 bits per heavy atom. The minimum Gasteiger partial charge on any atom is -0.323 e. The molecule has 1 amide bonds.